The summed E-state index contributed by atoms with van der Waals surface area (Å²) in [6.45, 7) is 0.717. The number of rotatable bonds is 5. The van der Waals surface area contributed by atoms with Gasteiger partial charge < -0.3 is 10.6 Å². The van der Waals surface area contributed by atoms with E-state index in [0.717, 1.165) is 0 Å². The molecule has 116 valence electrons. The van der Waals surface area contributed by atoms with Gasteiger partial charge in [-0.15, -0.1) is 0 Å². The number of halogens is 1. The summed E-state index contributed by atoms with van der Waals surface area (Å²) in [4.78, 5) is 11.8. The molecule has 7 heteroatoms. The van der Waals surface area contributed by atoms with Gasteiger partial charge in [-0.25, -0.2) is 12.8 Å². The highest BCUT2D eigenvalue weighted by molar-refractivity contribution is 7.91. The molecule has 5 nitrogen and oxygen atoms in total. The van der Waals surface area contributed by atoms with E-state index in [4.69, 9.17) is 0 Å². The van der Waals surface area contributed by atoms with Crippen molar-refractivity contribution >= 4 is 15.7 Å². The van der Waals surface area contributed by atoms with E-state index < -0.39 is 9.84 Å². The number of carbonyl (C=O) groups is 1. The minimum absolute atomic E-state index is 0.00622. The van der Waals surface area contributed by atoms with Gasteiger partial charge in [-0.05, 0) is 18.1 Å². The van der Waals surface area contributed by atoms with Crippen LogP contribution in [0.2, 0.25) is 0 Å². The zero-order valence-electron chi connectivity index (χ0n) is 11.6. The van der Waals surface area contributed by atoms with Gasteiger partial charge in [-0.2, -0.15) is 0 Å². The molecular formula is C14H19FN2O3S. The van der Waals surface area contributed by atoms with Crippen LogP contribution in [0.1, 0.15) is 12.0 Å². The van der Waals surface area contributed by atoms with Gasteiger partial charge >= 0.3 is 0 Å². The predicted octanol–water partition coefficient (Wildman–Crippen LogP) is 0.261. The normalized spacial score (nSPS) is 20.9. The predicted molar refractivity (Wildman–Crippen MR) is 78.2 cm³/mol. The van der Waals surface area contributed by atoms with Crippen LogP contribution in [0.15, 0.2) is 24.3 Å². The fraction of sp³-hybridized carbons (Fsp3) is 0.500. The maximum atomic E-state index is 13.4. The molecule has 1 amide bonds. The number of amides is 1. The molecule has 1 saturated heterocycles. The lowest BCUT2D eigenvalue weighted by Crippen LogP contribution is -2.47. The third kappa shape index (κ3) is 5.09. The van der Waals surface area contributed by atoms with Crippen molar-refractivity contribution in [2.75, 3.05) is 24.6 Å². The van der Waals surface area contributed by atoms with Crippen molar-refractivity contribution in [1.29, 1.82) is 0 Å². The van der Waals surface area contributed by atoms with Crippen LogP contribution in [0.3, 0.4) is 0 Å². The molecule has 1 aromatic carbocycles. The summed E-state index contributed by atoms with van der Waals surface area (Å²) in [7, 11) is -3.04. The lowest BCUT2D eigenvalue weighted by molar-refractivity contribution is -0.121. The first-order valence-electron chi connectivity index (χ1n) is 6.90. The van der Waals surface area contributed by atoms with E-state index in [-0.39, 0.29) is 35.7 Å². The van der Waals surface area contributed by atoms with E-state index in [0.29, 0.717) is 25.1 Å². The Hall–Kier alpha value is -1.47. The minimum atomic E-state index is -3.04. The van der Waals surface area contributed by atoms with Gasteiger partial charge in [-0.1, -0.05) is 18.2 Å². The molecule has 1 atom stereocenters. The molecule has 0 aliphatic carbocycles. The zero-order chi connectivity index (χ0) is 15.3. The van der Waals surface area contributed by atoms with Crippen molar-refractivity contribution in [3.63, 3.8) is 0 Å². The van der Waals surface area contributed by atoms with Gasteiger partial charge in [0.1, 0.15) is 5.82 Å². The lowest BCUT2D eigenvalue weighted by Gasteiger charge is -2.23. The van der Waals surface area contributed by atoms with E-state index in [1.807, 2.05) is 0 Å². The van der Waals surface area contributed by atoms with Crippen molar-refractivity contribution in [1.82, 2.24) is 10.6 Å². The molecule has 2 rings (SSSR count). The van der Waals surface area contributed by atoms with Crippen LogP contribution in [0.5, 0.6) is 0 Å². The Kier molecular flexibility index (Phi) is 5.30. The van der Waals surface area contributed by atoms with E-state index in [1.54, 1.807) is 18.2 Å². The third-order valence-corrected chi connectivity index (χ3v) is 5.14. The molecule has 0 radical (unpaired) electrons. The monoisotopic (exact) mass is 314 g/mol. The lowest BCUT2D eigenvalue weighted by atomic mass is 10.1. The first-order chi connectivity index (χ1) is 9.96. The van der Waals surface area contributed by atoms with Gasteiger partial charge in [0.25, 0.3) is 0 Å². The molecule has 1 unspecified atom stereocenters. The second-order valence-corrected chi connectivity index (χ2v) is 7.39. The second-order valence-electron chi connectivity index (χ2n) is 5.16. The molecule has 1 aliphatic heterocycles. The molecule has 0 saturated carbocycles. The summed E-state index contributed by atoms with van der Waals surface area (Å²) in [5.41, 5.74) is 0.552. The molecular weight excluding hydrogens is 295 g/mol. The summed E-state index contributed by atoms with van der Waals surface area (Å²) in [5, 5.41) is 5.72. The zero-order valence-corrected chi connectivity index (χ0v) is 12.5. The van der Waals surface area contributed by atoms with Gasteiger partial charge in [0.05, 0.1) is 11.5 Å². The average molecular weight is 314 g/mol. The molecule has 1 fully saturated rings. The van der Waals surface area contributed by atoms with Crippen molar-refractivity contribution < 1.29 is 17.6 Å². The van der Waals surface area contributed by atoms with E-state index in [2.05, 4.69) is 10.6 Å². The number of sulfone groups is 1. The summed E-state index contributed by atoms with van der Waals surface area (Å²) >= 11 is 0. The number of carbonyl (C=O) groups excluding carboxylic acids is 1. The number of hydrogen-bond donors (Lipinski definition) is 2. The molecule has 2 N–H and O–H groups in total. The SMILES string of the molecule is O=C(CC1CS(=O)(=O)CCN1)NCCc1ccccc1F. The summed E-state index contributed by atoms with van der Waals surface area (Å²) in [6, 6.07) is 6.09. The van der Waals surface area contributed by atoms with Crippen molar-refractivity contribution in [2.45, 2.75) is 18.9 Å². The van der Waals surface area contributed by atoms with E-state index >= 15 is 0 Å². The Balaban J connectivity index is 1.74. The maximum absolute atomic E-state index is 13.4. The van der Waals surface area contributed by atoms with Gasteiger partial charge in [0, 0.05) is 25.6 Å². The van der Waals surface area contributed by atoms with Crippen molar-refractivity contribution in [2.24, 2.45) is 0 Å². The first kappa shape index (κ1) is 15.9. The quantitative estimate of drug-likeness (QED) is 0.817. The van der Waals surface area contributed by atoms with Crippen LogP contribution < -0.4 is 10.6 Å². The number of hydrogen-bond acceptors (Lipinski definition) is 4. The fourth-order valence-corrected chi connectivity index (χ4v) is 3.78. The molecule has 21 heavy (non-hydrogen) atoms. The van der Waals surface area contributed by atoms with Gasteiger partial charge in [-0.3, -0.25) is 4.79 Å². The van der Waals surface area contributed by atoms with E-state index in [9.17, 15) is 17.6 Å². The van der Waals surface area contributed by atoms with Crippen molar-refractivity contribution in [3.05, 3.63) is 35.6 Å². The van der Waals surface area contributed by atoms with Crippen LogP contribution in [-0.2, 0) is 21.1 Å². The largest absolute Gasteiger partial charge is 0.356 e. The fourth-order valence-electron chi connectivity index (χ4n) is 2.33. The molecule has 1 aliphatic rings. The van der Waals surface area contributed by atoms with Crippen LogP contribution >= 0.6 is 0 Å². The summed E-state index contributed by atoms with van der Waals surface area (Å²) in [5.74, 6) is -0.390. The molecule has 1 aromatic rings. The molecule has 0 spiro atoms. The Bertz CT molecular complexity index is 604. The van der Waals surface area contributed by atoms with Gasteiger partial charge in [0.2, 0.25) is 5.91 Å². The Morgan fingerprint density at radius 1 is 1.38 bits per heavy atom. The highest BCUT2D eigenvalue weighted by atomic mass is 32.2. The highest BCUT2D eigenvalue weighted by Crippen LogP contribution is 2.07. The van der Waals surface area contributed by atoms with Crippen molar-refractivity contribution in [3.8, 4) is 0 Å². The van der Waals surface area contributed by atoms with Crippen LogP contribution in [0.4, 0.5) is 4.39 Å². The topological polar surface area (TPSA) is 75.3 Å². The first-order valence-corrected chi connectivity index (χ1v) is 8.72. The van der Waals surface area contributed by atoms with Gasteiger partial charge in [0.15, 0.2) is 9.84 Å². The van der Waals surface area contributed by atoms with E-state index in [1.165, 1.54) is 6.07 Å². The summed E-state index contributed by atoms with van der Waals surface area (Å²) < 4.78 is 36.3. The molecule has 0 bridgehead atoms. The number of benzene rings is 1. The smallest absolute Gasteiger partial charge is 0.221 e. The molecule has 1 heterocycles. The highest BCUT2D eigenvalue weighted by Gasteiger charge is 2.25. The third-order valence-electron chi connectivity index (χ3n) is 3.41. The molecule has 0 aromatic heterocycles. The number of nitrogens with one attached hydrogen (secondary N) is 2. The summed E-state index contributed by atoms with van der Waals surface area (Å²) in [6.07, 6.45) is 0.533. The van der Waals surface area contributed by atoms with Crippen LogP contribution in [0.25, 0.3) is 0 Å². The Morgan fingerprint density at radius 3 is 2.86 bits per heavy atom. The standard InChI is InChI=1S/C14H19FN2O3S/c15-13-4-2-1-3-11(13)5-6-17-14(18)9-12-10-21(19,20)8-7-16-12/h1-4,12,16H,5-10H2,(H,17,18). The Labute approximate surface area is 123 Å². The maximum Gasteiger partial charge on any atom is 0.221 e. The second kappa shape index (κ2) is 7.00. The van der Waals surface area contributed by atoms with Crippen LogP contribution in [0, 0.1) is 5.82 Å². The minimum Gasteiger partial charge on any atom is -0.356 e. The Morgan fingerprint density at radius 2 is 2.14 bits per heavy atom. The van der Waals surface area contributed by atoms with Crippen LogP contribution in [-0.4, -0.2) is 45.0 Å². The average Bonchev–Trinajstić information content (AvgIpc) is 2.40.